The van der Waals surface area contributed by atoms with Crippen LogP contribution in [0.2, 0.25) is 0 Å². The summed E-state index contributed by atoms with van der Waals surface area (Å²) < 4.78 is 26.2. The maximum absolute atomic E-state index is 13.2. The van der Waals surface area contributed by atoms with Gasteiger partial charge in [0.05, 0.1) is 11.2 Å². The molecule has 0 spiro atoms. The maximum atomic E-state index is 13.2. The number of H-pyrrole nitrogens is 1. The van der Waals surface area contributed by atoms with Gasteiger partial charge in [-0.15, -0.1) is 0 Å². The Morgan fingerprint density at radius 3 is 2.80 bits per heavy atom. The van der Waals surface area contributed by atoms with Gasteiger partial charge in [-0.25, -0.2) is 13.8 Å². The zero-order valence-corrected chi connectivity index (χ0v) is 9.15. The fraction of sp³-hybridized carbons (Fsp3) is 0.111. The van der Waals surface area contributed by atoms with Crippen molar-refractivity contribution in [3.63, 3.8) is 0 Å². The van der Waals surface area contributed by atoms with Crippen molar-refractivity contribution in [1.82, 2.24) is 9.97 Å². The number of pyridine rings is 2. The molecule has 78 valence electrons. The quantitative estimate of drug-likeness (QED) is 0.750. The highest BCUT2D eigenvalue weighted by atomic mass is 79.9. The molecule has 0 amide bonds. The Bertz CT molecular complexity index is 604. The van der Waals surface area contributed by atoms with Gasteiger partial charge in [0.15, 0.2) is 11.6 Å². The molecule has 0 bridgehead atoms. The molecule has 2 aromatic rings. The SMILES string of the molecule is Cc1[nH]c2cc(F)c(Br)nc2c(=O)c1F. The highest BCUT2D eigenvalue weighted by molar-refractivity contribution is 9.10. The topological polar surface area (TPSA) is 45.8 Å². The van der Waals surface area contributed by atoms with Crippen LogP contribution in [0.5, 0.6) is 0 Å². The molecular formula is C9H5BrF2N2O. The smallest absolute Gasteiger partial charge is 0.243 e. The molecule has 1 N–H and O–H groups in total. The molecule has 0 atom stereocenters. The molecule has 2 rings (SSSR count). The van der Waals surface area contributed by atoms with E-state index in [1.54, 1.807) is 0 Å². The summed E-state index contributed by atoms with van der Waals surface area (Å²) in [5.41, 5.74) is -0.705. The predicted molar refractivity (Wildman–Crippen MR) is 54.7 cm³/mol. The van der Waals surface area contributed by atoms with Gasteiger partial charge in [0.1, 0.15) is 10.1 Å². The first kappa shape index (κ1) is 10.2. The molecule has 2 heterocycles. The summed E-state index contributed by atoms with van der Waals surface area (Å²) in [6, 6.07) is 1.10. The third kappa shape index (κ3) is 1.54. The van der Waals surface area contributed by atoms with Crippen LogP contribution in [-0.2, 0) is 0 Å². The number of halogens is 3. The van der Waals surface area contributed by atoms with E-state index in [0.29, 0.717) is 0 Å². The number of hydrogen-bond acceptors (Lipinski definition) is 2. The minimum Gasteiger partial charge on any atom is -0.355 e. The molecule has 0 saturated heterocycles. The van der Waals surface area contributed by atoms with Gasteiger partial charge >= 0.3 is 0 Å². The van der Waals surface area contributed by atoms with Crippen molar-refractivity contribution in [2.24, 2.45) is 0 Å². The van der Waals surface area contributed by atoms with Gasteiger partial charge in [-0.1, -0.05) is 0 Å². The van der Waals surface area contributed by atoms with Crippen molar-refractivity contribution >= 4 is 27.0 Å². The van der Waals surface area contributed by atoms with Crippen LogP contribution >= 0.6 is 15.9 Å². The van der Waals surface area contributed by atoms with E-state index in [2.05, 4.69) is 25.9 Å². The zero-order valence-electron chi connectivity index (χ0n) is 7.57. The van der Waals surface area contributed by atoms with Crippen LogP contribution in [0.15, 0.2) is 15.5 Å². The Hall–Kier alpha value is -1.30. The van der Waals surface area contributed by atoms with Crippen molar-refractivity contribution in [2.75, 3.05) is 0 Å². The number of nitrogens with one attached hydrogen (secondary N) is 1. The summed E-state index contributed by atoms with van der Waals surface area (Å²) in [5.74, 6) is -1.50. The number of nitrogens with zero attached hydrogens (tertiary/aromatic N) is 1. The number of fused-ring (bicyclic) bond motifs is 1. The molecule has 15 heavy (non-hydrogen) atoms. The van der Waals surface area contributed by atoms with E-state index in [1.807, 2.05) is 0 Å². The Morgan fingerprint density at radius 1 is 1.47 bits per heavy atom. The van der Waals surface area contributed by atoms with Crippen molar-refractivity contribution in [2.45, 2.75) is 6.92 Å². The normalized spacial score (nSPS) is 10.9. The van der Waals surface area contributed by atoms with Crippen molar-refractivity contribution in [3.8, 4) is 0 Å². The van der Waals surface area contributed by atoms with E-state index in [4.69, 9.17) is 0 Å². The van der Waals surface area contributed by atoms with Crippen molar-refractivity contribution in [1.29, 1.82) is 0 Å². The number of aromatic nitrogens is 2. The van der Waals surface area contributed by atoms with E-state index < -0.39 is 17.1 Å². The average Bonchev–Trinajstić information content (AvgIpc) is 2.19. The molecule has 0 aliphatic carbocycles. The highest BCUT2D eigenvalue weighted by Gasteiger charge is 2.12. The van der Waals surface area contributed by atoms with E-state index >= 15 is 0 Å². The predicted octanol–water partition coefficient (Wildman–Crippen LogP) is 2.27. The third-order valence-electron chi connectivity index (χ3n) is 2.00. The zero-order chi connectivity index (χ0) is 11.2. The number of rotatable bonds is 0. The Labute approximate surface area is 91.3 Å². The summed E-state index contributed by atoms with van der Waals surface area (Å²) in [6.07, 6.45) is 0. The lowest BCUT2D eigenvalue weighted by Gasteiger charge is -2.02. The lowest BCUT2D eigenvalue weighted by molar-refractivity contribution is 0.599. The average molecular weight is 275 g/mol. The van der Waals surface area contributed by atoms with Gasteiger partial charge in [0.25, 0.3) is 0 Å². The largest absolute Gasteiger partial charge is 0.355 e. The minimum atomic E-state index is -0.895. The third-order valence-corrected chi connectivity index (χ3v) is 2.56. The van der Waals surface area contributed by atoms with Crippen LogP contribution in [0.1, 0.15) is 5.69 Å². The second-order valence-corrected chi connectivity index (χ2v) is 3.80. The molecule has 0 unspecified atom stereocenters. The molecule has 3 nitrogen and oxygen atoms in total. The summed E-state index contributed by atoms with van der Waals surface area (Å²) in [5, 5.41) is 0. The fourth-order valence-electron chi connectivity index (χ4n) is 1.27. The van der Waals surface area contributed by atoms with E-state index in [0.717, 1.165) is 6.07 Å². The van der Waals surface area contributed by atoms with Crippen molar-refractivity contribution < 1.29 is 8.78 Å². The molecule has 0 radical (unpaired) electrons. The number of aryl methyl sites for hydroxylation is 1. The molecule has 2 aromatic heterocycles. The summed E-state index contributed by atoms with van der Waals surface area (Å²) in [7, 11) is 0. The Morgan fingerprint density at radius 2 is 2.13 bits per heavy atom. The fourth-order valence-corrected chi connectivity index (χ4v) is 1.56. The van der Waals surface area contributed by atoms with Gasteiger partial charge < -0.3 is 4.98 Å². The van der Waals surface area contributed by atoms with Crippen molar-refractivity contribution in [3.05, 3.63) is 38.2 Å². The van der Waals surface area contributed by atoms with E-state index in [-0.39, 0.29) is 21.3 Å². The van der Waals surface area contributed by atoms with Gasteiger partial charge in [-0.05, 0) is 22.9 Å². The second kappa shape index (κ2) is 3.37. The molecular weight excluding hydrogens is 270 g/mol. The molecule has 0 fully saturated rings. The van der Waals surface area contributed by atoms with Gasteiger partial charge in [0.2, 0.25) is 5.43 Å². The van der Waals surface area contributed by atoms with E-state index in [1.165, 1.54) is 6.92 Å². The summed E-state index contributed by atoms with van der Waals surface area (Å²) in [6.45, 7) is 1.40. The van der Waals surface area contributed by atoms with Crippen LogP contribution in [0.4, 0.5) is 8.78 Å². The van der Waals surface area contributed by atoms with Gasteiger partial charge in [-0.3, -0.25) is 4.79 Å². The van der Waals surface area contributed by atoms with Crippen LogP contribution in [0, 0.1) is 18.6 Å². The highest BCUT2D eigenvalue weighted by Crippen LogP contribution is 2.17. The van der Waals surface area contributed by atoms with Crippen LogP contribution < -0.4 is 5.43 Å². The first-order valence-corrected chi connectivity index (χ1v) is 4.84. The standard InChI is InChI=1S/C9H5BrF2N2O/c1-3-6(12)8(15)7-5(13-3)2-4(11)9(10)14-7/h2H,1H3,(H,13,15). The maximum Gasteiger partial charge on any atom is 0.243 e. The lowest BCUT2D eigenvalue weighted by atomic mass is 10.2. The van der Waals surface area contributed by atoms with Crippen LogP contribution in [0.25, 0.3) is 11.0 Å². The summed E-state index contributed by atoms with van der Waals surface area (Å²) in [4.78, 5) is 17.6. The first-order valence-electron chi connectivity index (χ1n) is 4.05. The molecule has 0 aliphatic rings. The van der Waals surface area contributed by atoms with E-state index in [9.17, 15) is 13.6 Å². The van der Waals surface area contributed by atoms with Gasteiger partial charge in [0, 0.05) is 6.07 Å². The monoisotopic (exact) mass is 274 g/mol. The lowest BCUT2D eigenvalue weighted by Crippen LogP contribution is -2.12. The first-order chi connectivity index (χ1) is 7.00. The minimum absolute atomic E-state index is 0.0658. The summed E-state index contributed by atoms with van der Waals surface area (Å²) >= 11 is 2.83. The van der Waals surface area contributed by atoms with Crippen LogP contribution in [0.3, 0.4) is 0 Å². The van der Waals surface area contributed by atoms with Gasteiger partial charge in [-0.2, -0.15) is 0 Å². The Balaban J connectivity index is 3.00. The molecule has 0 aliphatic heterocycles. The second-order valence-electron chi connectivity index (χ2n) is 3.05. The molecule has 0 saturated carbocycles. The Kier molecular flexibility index (Phi) is 2.30. The number of hydrogen-bond donors (Lipinski definition) is 1. The number of aromatic amines is 1. The van der Waals surface area contributed by atoms with Crippen LogP contribution in [-0.4, -0.2) is 9.97 Å². The molecule has 0 aromatic carbocycles. The molecule has 6 heteroatoms.